The minimum atomic E-state index is -0.157. The molecule has 2 heteroatoms. The Kier molecular flexibility index (Phi) is 7.72. The molecule has 2 aliphatic heterocycles. The lowest BCUT2D eigenvalue weighted by molar-refractivity contribution is 0.630. The molecule has 11 aromatic rings. The van der Waals surface area contributed by atoms with Crippen LogP contribution in [-0.4, -0.2) is 9.13 Å². The van der Waals surface area contributed by atoms with E-state index in [0.29, 0.717) is 0 Å². The highest BCUT2D eigenvalue weighted by Crippen LogP contribution is 2.50. The normalized spacial score (nSPS) is 14.3. The first kappa shape index (κ1) is 37.2. The van der Waals surface area contributed by atoms with Crippen LogP contribution < -0.4 is 0 Å². The zero-order valence-corrected chi connectivity index (χ0v) is 37.0. The van der Waals surface area contributed by atoms with Crippen molar-refractivity contribution in [1.82, 2.24) is 9.13 Å². The molecule has 2 aliphatic rings. The summed E-state index contributed by atoms with van der Waals surface area (Å²) in [6.07, 6.45) is 0.961. The molecule has 2 nitrogen and oxygen atoms in total. The molecule has 0 atom stereocenters. The highest BCUT2D eigenvalue weighted by atomic mass is 15.0. The summed E-state index contributed by atoms with van der Waals surface area (Å²) in [5.74, 6) is 0. The largest absolute Gasteiger partial charge is 0.309 e. The third-order valence-corrected chi connectivity index (χ3v) is 15.1. The molecule has 0 amide bonds. The van der Waals surface area contributed by atoms with Crippen molar-refractivity contribution in [3.05, 3.63) is 216 Å². The second-order valence-electron chi connectivity index (χ2n) is 19.2. The molecule has 64 heavy (non-hydrogen) atoms. The molecular formula is C62H48N2. The predicted octanol–water partition coefficient (Wildman–Crippen LogP) is 16.4. The SMILES string of the molecule is CCc1ccc(-c2cccc(-c3ccc4c(c3)C(C)(C)c3cccc5c6ccccc6n-4c35)c2)cc1-c1cccc(-c2ccc3c(c2)C(C)(C)c2cccc4c5ccccc5n-3c24)c1. The highest BCUT2D eigenvalue weighted by Gasteiger charge is 2.37. The van der Waals surface area contributed by atoms with Gasteiger partial charge in [0, 0.05) is 32.4 Å². The van der Waals surface area contributed by atoms with Gasteiger partial charge < -0.3 is 9.13 Å². The number of fused-ring (bicyclic) bond motifs is 10. The summed E-state index contributed by atoms with van der Waals surface area (Å²) >= 11 is 0. The molecule has 0 saturated carbocycles. The van der Waals surface area contributed by atoms with E-state index in [2.05, 4.69) is 232 Å². The maximum Gasteiger partial charge on any atom is 0.0582 e. The number of rotatable bonds is 5. The van der Waals surface area contributed by atoms with Crippen LogP contribution in [0.3, 0.4) is 0 Å². The molecule has 0 radical (unpaired) electrons. The second-order valence-corrected chi connectivity index (χ2v) is 19.2. The number of para-hydroxylation sites is 4. The zero-order valence-electron chi connectivity index (χ0n) is 37.0. The summed E-state index contributed by atoms with van der Waals surface area (Å²) in [5, 5.41) is 5.28. The molecule has 4 heterocycles. The lowest BCUT2D eigenvalue weighted by atomic mass is 9.74. The van der Waals surface area contributed by atoms with Crippen LogP contribution in [0.5, 0.6) is 0 Å². The molecular weight excluding hydrogens is 773 g/mol. The number of nitrogens with zero attached hydrogens (tertiary/aromatic N) is 2. The van der Waals surface area contributed by atoms with Gasteiger partial charge in [-0.3, -0.25) is 0 Å². The lowest BCUT2D eigenvalue weighted by Gasteiger charge is -2.35. The van der Waals surface area contributed by atoms with Crippen molar-refractivity contribution < 1.29 is 0 Å². The van der Waals surface area contributed by atoms with Gasteiger partial charge in [-0.25, -0.2) is 0 Å². The van der Waals surface area contributed by atoms with Crippen LogP contribution in [0.4, 0.5) is 0 Å². The second kappa shape index (κ2) is 13.3. The van der Waals surface area contributed by atoms with Gasteiger partial charge in [0.25, 0.3) is 0 Å². The van der Waals surface area contributed by atoms with Crippen molar-refractivity contribution in [1.29, 1.82) is 0 Å². The Morgan fingerprint density at radius 3 is 1.27 bits per heavy atom. The summed E-state index contributed by atoms with van der Waals surface area (Å²) in [5.41, 5.74) is 24.2. The van der Waals surface area contributed by atoms with E-state index in [-0.39, 0.29) is 10.8 Å². The topological polar surface area (TPSA) is 9.86 Å². The van der Waals surface area contributed by atoms with Crippen LogP contribution in [0.1, 0.15) is 62.4 Å². The fourth-order valence-electron chi connectivity index (χ4n) is 11.7. The van der Waals surface area contributed by atoms with Gasteiger partial charge in [0.05, 0.1) is 33.4 Å². The molecule has 0 N–H and O–H groups in total. The Morgan fingerprint density at radius 2 is 0.750 bits per heavy atom. The average molecular weight is 821 g/mol. The minimum Gasteiger partial charge on any atom is -0.309 e. The van der Waals surface area contributed by atoms with Crippen LogP contribution in [0, 0.1) is 0 Å². The van der Waals surface area contributed by atoms with E-state index >= 15 is 0 Å². The first-order valence-electron chi connectivity index (χ1n) is 22.9. The van der Waals surface area contributed by atoms with E-state index in [9.17, 15) is 0 Å². The quantitative estimate of drug-likeness (QED) is 0.164. The van der Waals surface area contributed by atoms with E-state index in [1.165, 1.54) is 127 Å². The van der Waals surface area contributed by atoms with Gasteiger partial charge in [0.15, 0.2) is 0 Å². The number of benzene rings is 9. The van der Waals surface area contributed by atoms with Crippen molar-refractivity contribution in [2.24, 2.45) is 0 Å². The fraction of sp³-hybridized carbons (Fsp3) is 0.129. The van der Waals surface area contributed by atoms with Crippen molar-refractivity contribution >= 4 is 43.6 Å². The van der Waals surface area contributed by atoms with Crippen molar-refractivity contribution in [3.63, 3.8) is 0 Å². The van der Waals surface area contributed by atoms with E-state index < -0.39 is 0 Å². The van der Waals surface area contributed by atoms with E-state index in [1.54, 1.807) is 0 Å². The highest BCUT2D eigenvalue weighted by molar-refractivity contribution is 6.13. The van der Waals surface area contributed by atoms with Crippen LogP contribution >= 0.6 is 0 Å². The summed E-state index contributed by atoms with van der Waals surface area (Å²) in [4.78, 5) is 0. The van der Waals surface area contributed by atoms with Gasteiger partial charge in [-0.05, 0) is 133 Å². The number of aryl methyl sites for hydroxylation is 1. The Labute approximate surface area is 374 Å². The van der Waals surface area contributed by atoms with E-state index in [4.69, 9.17) is 0 Å². The number of hydrogen-bond acceptors (Lipinski definition) is 0. The maximum absolute atomic E-state index is 2.50. The molecule has 13 rings (SSSR count). The molecule has 0 spiro atoms. The van der Waals surface area contributed by atoms with E-state index in [0.717, 1.165) is 6.42 Å². The van der Waals surface area contributed by atoms with Crippen molar-refractivity contribution in [3.8, 4) is 55.9 Å². The first-order chi connectivity index (χ1) is 31.2. The smallest absolute Gasteiger partial charge is 0.0582 e. The zero-order chi connectivity index (χ0) is 43.1. The number of hydrogen-bond donors (Lipinski definition) is 0. The van der Waals surface area contributed by atoms with Crippen molar-refractivity contribution in [2.45, 2.75) is 51.9 Å². The minimum absolute atomic E-state index is 0.156. The Morgan fingerprint density at radius 1 is 0.344 bits per heavy atom. The molecule has 2 aromatic heterocycles. The van der Waals surface area contributed by atoms with Gasteiger partial charge in [-0.1, -0.05) is 168 Å². The molecule has 0 fully saturated rings. The average Bonchev–Trinajstić information content (AvgIpc) is 3.86. The molecule has 0 bridgehead atoms. The summed E-state index contributed by atoms with van der Waals surface area (Å²) in [6, 6.07) is 71.1. The molecule has 9 aromatic carbocycles. The van der Waals surface area contributed by atoms with Gasteiger partial charge in [-0.15, -0.1) is 0 Å². The summed E-state index contributed by atoms with van der Waals surface area (Å²) in [7, 11) is 0. The molecule has 0 aliphatic carbocycles. The first-order valence-corrected chi connectivity index (χ1v) is 22.9. The van der Waals surface area contributed by atoms with Crippen LogP contribution in [0.25, 0.3) is 99.5 Å². The maximum atomic E-state index is 2.50. The summed E-state index contributed by atoms with van der Waals surface area (Å²) < 4.78 is 5.00. The van der Waals surface area contributed by atoms with Crippen LogP contribution in [0.15, 0.2) is 188 Å². The van der Waals surface area contributed by atoms with Crippen LogP contribution in [-0.2, 0) is 17.3 Å². The van der Waals surface area contributed by atoms with Gasteiger partial charge >= 0.3 is 0 Å². The van der Waals surface area contributed by atoms with Crippen molar-refractivity contribution in [2.75, 3.05) is 0 Å². The third-order valence-electron chi connectivity index (χ3n) is 15.1. The monoisotopic (exact) mass is 820 g/mol. The summed E-state index contributed by atoms with van der Waals surface area (Å²) in [6.45, 7) is 11.8. The Balaban J connectivity index is 0.877. The lowest BCUT2D eigenvalue weighted by Crippen LogP contribution is -2.26. The fourth-order valence-corrected chi connectivity index (χ4v) is 11.7. The third kappa shape index (κ3) is 5.08. The number of aromatic nitrogens is 2. The molecule has 0 saturated heterocycles. The van der Waals surface area contributed by atoms with Gasteiger partial charge in [0.2, 0.25) is 0 Å². The van der Waals surface area contributed by atoms with Gasteiger partial charge in [-0.2, -0.15) is 0 Å². The van der Waals surface area contributed by atoms with E-state index in [1.807, 2.05) is 0 Å². The standard InChI is InChI=1S/C62H48N2/c1-6-38-27-28-42(39-15-11-16-40(33-39)43-29-31-57-53(36-43)61(2,3)51-23-13-21-48-46-19-7-9-25-55(46)63(57)59(48)51)35-50(38)45-18-12-17-41(34-45)44-30-32-58-54(37-44)62(4,5)52-24-14-22-49-47-20-8-10-26-56(47)64(58)60(49)52/h7-37H,6H2,1-5H3. The van der Waals surface area contributed by atoms with Gasteiger partial charge in [0.1, 0.15) is 0 Å². The van der Waals surface area contributed by atoms with Crippen LogP contribution in [0.2, 0.25) is 0 Å². The molecule has 0 unspecified atom stereocenters. The Bertz CT molecular complexity index is 3770. The molecule has 306 valence electrons. The Hall–Kier alpha value is -7.42. The predicted molar refractivity (Wildman–Crippen MR) is 270 cm³/mol.